The third kappa shape index (κ3) is 7.87. The lowest BCUT2D eigenvalue weighted by atomic mass is 9.99. The molecule has 1 unspecified atom stereocenters. The number of amides is 1. The number of hydrogen-bond acceptors (Lipinski definition) is 7. The molecule has 0 spiro atoms. The van der Waals surface area contributed by atoms with Gasteiger partial charge in [0.1, 0.15) is 12.1 Å². The van der Waals surface area contributed by atoms with Crippen LogP contribution in [0.5, 0.6) is 0 Å². The molecule has 0 aromatic rings. The smallest absolute Gasteiger partial charge is 0.327 e. The van der Waals surface area contributed by atoms with Gasteiger partial charge >= 0.3 is 11.9 Å². The van der Waals surface area contributed by atoms with Crippen molar-refractivity contribution in [1.29, 1.82) is 0 Å². The van der Waals surface area contributed by atoms with Crippen LogP contribution in [0.2, 0.25) is 0 Å². The van der Waals surface area contributed by atoms with Gasteiger partial charge in [0.25, 0.3) is 0 Å². The van der Waals surface area contributed by atoms with Crippen LogP contribution in [0.25, 0.3) is 0 Å². The molecule has 4 atom stereocenters. The molecule has 0 aliphatic heterocycles. The second-order valence-electron chi connectivity index (χ2n) is 4.82. The molecule has 0 fully saturated rings. The molecule has 0 aliphatic rings. The fourth-order valence-corrected chi connectivity index (χ4v) is 3.53. The van der Waals surface area contributed by atoms with Gasteiger partial charge in [0.2, 0.25) is 5.91 Å². The fourth-order valence-electron chi connectivity index (χ4n) is 1.26. The lowest BCUT2D eigenvalue weighted by Gasteiger charge is -2.21. The average Bonchev–Trinajstić information content (AvgIpc) is 2.47. The first-order chi connectivity index (χ1) is 10.2. The zero-order valence-electron chi connectivity index (χ0n) is 12.5. The van der Waals surface area contributed by atoms with Crippen LogP contribution in [0.1, 0.15) is 20.3 Å². The number of carbonyl (C=O) groups excluding carboxylic acids is 1. The minimum Gasteiger partial charge on any atom is -0.480 e. The van der Waals surface area contributed by atoms with Crippen LogP contribution >= 0.6 is 21.6 Å². The van der Waals surface area contributed by atoms with E-state index in [1.54, 1.807) is 0 Å². The van der Waals surface area contributed by atoms with Crippen molar-refractivity contribution < 1.29 is 24.6 Å². The van der Waals surface area contributed by atoms with Gasteiger partial charge in [-0.15, -0.1) is 0 Å². The topological polar surface area (TPSA) is 156 Å². The Morgan fingerprint density at radius 2 is 1.64 bits per heavy atom. The number of aliphatic carboxylic acids is 2. The Labute approximate surface area is 137 Å². The maximum Gasteiger partial charge on any atom is 0.327 e. The number of nitrogens with two attached hydrogens (primary N) is 2. The average molecular weight is 353 g/mol. The van der Waals surface area contributed by atoms with E-state index in [0.717, 1.165) is 21.6 Å². The number of hydrogen-bond donors (Lipinski definition) is 5. The third-order valence-corrected chi connectivity index (χ3v) is 5.50. The van der Waals surface area contributed by atoms with Crippen LogP contribution in [0.15, 0.2) is 0 Å². The molecular formula is C12H23N3O5S2. The van der Waals surface area contributed by atoms with Crippen molar-refractivity contribution in [2.75, 3.05) is 11.5 Å². The summed E-state index contributed by atoms with van der Waals surface area (Å²) in [5.41, 5.74) is 11.1. The van der Waals surface area contributed by atoms with E-state index in [4.69, 9.17) is 21.7 Å². The largest absolute Gasteiger partial charge is 0.480 e. The van der Waals surface area contributed by atoms with Crippen LogP contribution in [0, 0.1) is 5.92 Å². The number of carboxylic acids is 2. The zero-order valence-corrected chi connectivity index (χ0v) is 14.2. The first-order valence-corrected chi connectivity index (χ1v) is 9.21. The molecule has 22 heavy (non-hydrogen) atoms. The molecule has 10 heteroatoms. The summed E-state index contributed by atoms with van der Waals surface area (Å²) in [4.78, 5) is 33.5. The predicted octanol–water partition coefficient (Wildman–Crippen LogP) is -0.277. The van der Waals surface area contributed by atoms with Crippen LogP contribution in [-0.4, -0.2) is 57.7 Å². The highest BCUT2D eigenvalue weighted by atomic mass is 33.1. The normalized spacial score (nSPS) is 16.4. The molecule has 128 valence electrons. The number of rotatable bonds is 11. The van der Waals surface area contributed by atoms with Gasteiger partial charge < -0.3 is 27.0 Å². The summed E-state index contributed by atoms with van der Waals surface area (Å²) in [7, 11) is 2.29. The summed E-state index contributed by atoms with van der Waals surface area (Å²) in [6.07, 6.45) is 0.712. The number of carboxylic acid groups (broad SMARTS) is 2. The SMILES string of the molecule is CC[C@H](C)[C@H](N)C(=O)N[C@@H](CSSCC(N)C(=O)O)C(=O)O. The summed E-state index contributed by atoms with van der Waals surface area (Å²) >= 11 is 0. The van der Waals surface area contributed by atoms with Crippen molar-refractivity contribution in [3.05, 3.63) is 0 Å². The number of nitrogens with one attached hydrogen (secondary N) is 1. The van der Waals surface area contributed by atoms with E-state index in [1.165, 1.54) is 0 Å². The Morgan fingerprint density at radius 3 is 2.09 bits per heavy atom. The Bertz CT molecular complexity index is 397. The quantitative estimate of drug-likeness (QED) is 0.249. The van der Waals surface area contributed by atoms with Crippen LogP contribution in [0.4, 0.5) is 0 Å². The molecule has 0 saturated carbocycles. The molecule has 0 aromatic heterocycles. The number of carbonyl (C=O) groups is 3. The minimum absolute atomic E-state index is 0.0509. The summed E-state index contributed by atoms with van der Waals surface area (Å²) in [5.74, 6) is -2.60. The molecule has 0 aromatic carbocycles. The van der Waals surface area contributed by atoms with E-state index in [-0.39, 0.29) is 17.4 Å². The van der Waals surface area contributed by atoms with Gasteiger partial charge in [0.15, 0.2) is 0 Å². The van der Waals surface area contributed by atoms with E-state index in [9.17, 15) is 14.4 Å². The Morgan fingerprint density at radius 1 is 1.09 bits per heavy atom. The minimum atomic E-state index is -1.17. The molecule has 0 heterocycles. The van der Waals surface area contributed by atoms with E-state index >= 15 is 0 Å². The summed E-state index contributed by atoms with van der Waals surface area (Å²) in [6.45, 7) is 3.71. The maximum atomic E-state index is 11.9. The monoisotopic (exact) mass is 353 g/mol. The molecule has 0 radical (unpaired) electrons. The predicted molar refractivity (Wildman–Crippen MR) is 87.5 cm³/mol. The first-order valence-electron chi connectivity index (χ1n) is 6.72. The van der Waals surface area contributed by atoms with Gasteiger partial charge in [-0.25, -0.2) is 4.79 Å². The molecule has 0 aliphatic carbocycles. The van der Waals surface area contributed by atoms with Gasteiger partial charge in [-0.2, -0.15) is 0 Å². The summed E-state index contributed by atoms with van der Waals surface area (Å²) in [5, 5.41) is 20.1. The molecule has 1 amide bonds. The highest BCUT2D eigenvalue weighted by Gasteiger charge is 2.26. The molecule has 7 N–H and O–H groups in total. The van der Waals surface area contributed by atoms with Gasteiger partial charge in [0, 0.05) is 11.5 Å². The van der Waals surface area contributed by atoms with Crippen molar-refractivity contribution in [2.45, 2.75) is 38.4 Å². The highest BCUT2D eigenvalue weighted by Crippen LogP contribution is 2.22. The first kappa shape index (κ1) is 21.0. The third-order valence-electron chi connectivity index (χ3n) is 3.06. The van der Waals surface area contributed by atoms with Gasteiger partial charge in [0.05, 0.1) is 6.04 Å². The van der Waals surface area contributed by atoms with Crippen molar-refractivity contribution in [1.82, 2.24) is 5.32 Å². The van der Waals surface area contributed by atoms with Crippen LogP contribution < -0.4 is 16.8 Å². The Hall–Kier alpha value is -0.970. The van der Waals surface area contributed by atoms with E-state index < -0.39 is 36.0 Å². The Kier molecular flexibility index (Phi) is 10.2. The van der Waals surface area contributed by atoms with Crippen molar-refractivity contribution in [2.24, 2.45) is 17.4 Å². The maximum absolute atomic E-state index is 11.9. The van der Waals surface area contributed by atoms with E-state index in [1.807, 2.05) is 13.8 Å². The zero-order chi connectivity index (χ0) is 17.3. The van der Waals surface area contributed by atoms with Gasteiger partial charge in [-0.1, -0.05) is 41.9 Å². The van der Waals surface area contributed by atoms with E-state index in [2.05, 4.69) is 5.32 Å². The molecule has 0 bridgehead atoms. The second kappa shape index (κ2) is 10.7. The fraction of sp³-hybridized carbons (Fsp3) is 0.750. The lowest BCUT2D eigenvalue weighted by molar-refractivity contribution is -0.141. The summed E-state index contributed by atoms with van der Waals surface area (Å²) < 4.78 is 0. The summed E-state index contributed by atoms with van der Waals surface area (Å²) in [6, 6.07) is -2.85. The van der Waals surface area contributed by atoms with Crippen molar-refractivity contribution in [3.8, 4) is 0 Å². The van der Waals surface area contributed by atoms with Gasteiger partial charge in [-0.05, 0) is 5.92 Å². The van der Waals surface area contributed by atoms with Crippen molar-refractivity contribution in [3.63, 3.8) is 0 Å². The molecule has 0 saturated heterocycles. The van der Waals surface area contributed by atoms with Crippen molar-refractivity contribution >= 4 is 39.4 Å². The second-order valence-corrected chi connectivity index (χ2v) is 7.38. The molecular weight excluding hydrogens is 330 g/mol. The van der Waals surface area contributed by atoms with Crippen LogP contribution in [0.3, 0.4) is 0 Å². The van der Waals surface area contributed by atoms with E-state index in [0.29, 0.717) is 6.42 Å². The van der Waals surface area contributed by atoms with Gasteiger partial charge in [-0.3, -0.25) is 9.59 Å². The highest BCUT2D eigenvalue weighted by molar-refractivity contribution is 8.76. The molecule has 8 nitrogen and oxygen atoms in total. The molecule has 0 rings (SSSR count). The Balaban J connectivity index is 4.30. The standard InChI is InChI=1S/C12H23N3O5S2/c1-3-6(2)9(14)10(16)15-8(12(19)20)5-22-21-4-7(13)11(17)18/h6-9H,3-5,13-14H2,1-2H3,(H,15,16)(H,17,18)(H,19,20)/t6-,7?,8-,9-/m0/s1. The lowest BCUT2D eigenvalue weighted by Crippen LogP contribution is -2.51. The van der Waals surface area contributed by atoms with Crippen LogP contribution in [-0.2, 0) is 14.4 Å².